The summed E-state index contributed by atoms with van der Waals surface area (Å²) in [5.41, 5.74) is -3.69. The maximum atomic E-state index is 14.9. The molecule has 0 saturated heterocycles. The number of halogens is 5. The van der Waals surface area contributed by atoms with Crippen molar-refractivity contribution in [1.29, 1.82) is 0 Å². The van der Waals surface area contributed by atoms with Crippen molar-refractivity contribution in [3.8, 4) is 5.75 Å². The number of rotatable bonds is 6. The van der Waals surface area contributed by atoms with E-state index in [-0.39, 0.29) is 40.4 Å². The van der Waals surface area contributed by atoms with E-state index in [0.717, 1.165) is 18.3 Å². The Morgan fingerprint density at radius 1 is 1.15 bits per heavy atom. The lowest BCUT2D eigenvalue weighted by Crippen LogP contribution is -2.45. The fourth-order valence-corrected chi connectivity index (χ4v) is 5.79. The highest BCUT2D eigenvalue weighted by Gasteiger charge is 2.52. The maximum absolute atomic E-state index is 14.9. The lowest BCUT2D eigenvalue weighted by atomic mass is 9.85. The van der Waals surface area contributed by atoms with Crippen LogP contribution >= 0.6 is 11.6 Å². The Hall–Kier alpha value is -3.70. The molecule has 0 spiro atoms. The first-order valence-corrected chi connectivity index (χ1v) is 13.3. The summed E-state index contributed by atoms with van der Waals surface area (Å²) in [5.74, 6) is -2.09. The van der Waals surface area contributed by atoms with Crippen LogP contribution in [0, 0.1) is 11.7 Å². The number of carbonyl (C=O) groups excluding carboxylic acids is 2. The van der Waals surface area contributed by atoms with Crippen LogP contribution in [0.5, 0.6) is 5.75 Å². The number of methoxy groups -OCH3 is 1. The van der Waals surface area contributed by atoms with E-state index in [2.05, 4.69) is 10.3 Å². The molecule has 7 nitrogen and oxygen atoms in total. The molecule has 1 saturated carbocycles. The Labute approximate surface area is 238 Å². The summed E-state index contributed by atoms with van der Waals surface area (Å²) < 4.78 is 60.2. The second kappa shape index (κ2) is 10.9. The van der Waals surface area contributed by atoms with Crippen LogP contribution in [-0.4, -0.2) is 41.6 Å². The summed E-state index contributed by atoms with van der Waals surface area (Å²) in [6.07, 6.45) is -1.93. The number of amides is 2. The topological polar surface area (TPSA) is 91.8 Å². The molecule has 2 N–H and O–H groups in total. The number of hydrogen-bond acceptors (Lipinski definition) is 5. The number of ether oxygens (including phenoxy) is 1. The van der Waals surface area contributed by atoms with E-state index in [4.69, 9.17) is 16.3 Å². The average molecular weight is 592 g/mol. The van der Waals surface area contributed by atoms with E-state index in [1.54, 1.807) is 24.3 Å². The van der Waals surface area contributed by atoms with E-state index in [0.29, 0.717) is 31.4 Å². The number of alkyl halides is 3. The number of para-hydroxylation sites is 1. The third kappa shape index (κ3) is 5.36. The van der Waals surface area contributed by atoms with Gasteiger partial charge in [0, 0.05) is 29.9 Å². The second-order valence-electron chi connectivity index (χ2n) is 10.2. The SMILES string of the molecule is COc1ccc(F)c(C2(O)C(=O)N(CC3CCC(NC(=O)c4cc(Cl)cnc4C(F)(F)F)CC3)c3ccccc32)c1. The van der Waals surface area contributed by atoms with Crippen LogP contribution in [0.4, 0.5) is 23.2 Å². The van der Waals surface area contributed by atoms with Gasteiger partial charge < -0.3 is 20.1 Å². The van der Waals surface area contributed by atoms with Gasteiger partial charge in [0.15, 0.2) is 11.3 Å². The van der Waals surface area contributed by atoms with Gasteiger partial charge in [-0.1, -0.05) is 29.8 Å². The molecular weight excluding hydrogens is 566 g/mol. The van der Waals surface area contributed by atoms with E-state index >= 15 is 0 Å². The highest BCUT2D eigenvalue weighted by atomic mass is 35.5. The predicted octanol–water partition coefficient (Wildman–Crippen LogP) is 5.47. The summed E-state index contributed by atoms with van der Waals surface area (Å²) in [6.45, 7) is 0.237. The van der Waals surface area contributed by atoms with Gasteiger partial charge in [0.1, 0.15) is 11.6 Å². The molecule has 216 valence electrons. The number of pyridine rings is 1. The van der Waals surface area contributed by atoms with Crippen LogP contribution in [0.15, 0.2) is 54.7 Å². The highest BCUT2D eigenvalue weighted by molar-refractivity contribution is 6.30. The molecule has 1 atom stereocenters. The van der Waals surface area contributed by atoms with Crippen molar-refractivity contribution in [2.75, 3.05) is 18.6 Å². The molecule has 2 heterocycles. The predicted molar refractivity (Wildman–Crippen MR) is 142 cm³/mol. The third-order valence-corrected chi connectivity index (χ3v) is 7.90. The van der Waals surface area contributed by atoms with E-state index in [9.17, 15) is 32.3 Å². The van der Waals surface area contributed by atoms with Crippen molar-refractivity contribution in [2.24, 2.45) is 5.92 Å². The Morgan fingerprint density at radius 3 is 2.54 bits per heavy atom. The standard InChI is InChI=1S/C29H26ClF4N3O4/c1-41-19-10-11-23(31)22(13-19)28(40)21-4-2-3-5-24(21)37(27(28)39)15-16-6-8-18(9-7-16)36-26(38)20-12-17(30)14-35-25(20)29(32,33)34/h2-5,10-14,16,18,40H,6-9,15H2,1H3,(H,36,38). The van der Waals surface area contributed by atoms with Crippen molar-refractivity contribution >= 4 is 29.1 Å². The first kappa shape index (κ1) is 28.8. The zero-order chi connectivity index (χ0) is 29.5. The minimum absolute atomic E-state index is 0.0313. The molecular formula is C29H26ClF4N3O4. The van der Waals surface area contributed by atoms with E-state index in [1.165, 1.54) is 24.1 Å². The Kier molecular flexibility index (Phi) is 7.69. The molecule has 5 rings (SSSR count). The molecule has 1 fully saturated rings. The van der Waals surface area contributed by atoms with E-state index < -0.39 is 40.7 Å². The number of hydrogen-bond donors (Lipinski definition) is 2. The number of nitrogens with zero attached hydrogens (tertiary/aromatic N) is 2. The van der Waals surface area contributed by atoms with Crippen LogP contribution in [0.2, 0.25) is 5.02 Å². The number of fused-ring (bicyclic) bond motifs is 1. The van der Waals surface area contributed by atoms with Gasteiger partial charge in [-0.2, -0.15) is 13.2 Å². The number of anilines is 1. The van der Waals surface area contributed by atoms with Gasteiger partial charge in [-0.15, -0.1) is 0 Å². The van der Waals surface area contributed by atoms with Gasteiger partial charge in [-0.05, 0) is 61.9 Å². The lowest BCUT2D eigenvalue weighted by molar-refractivity contribution is -0.141. The molecule has 2 amide bonds. The number of aliphatic hydroxyl groups is 1. The molecule has 3 aromatic rings. The zero-order valence-corrected chi connectivity index (χ0v) is 22.6. The van der Waals surface area contributed by atoms with Crippen LogP contribution in [0.25, 0.3) is 0 Å². The maximum Gasteiger partial charge on any atom is 0.434 e. The number of aromatic nitrogens is 1. The first-order valence-electron chi connectivity index (χ1n) is 12.9. The molecule has 0 radical (unpaired) electrons. The molecule has 2 aromatic carbocycles. The minimum Gasteiger partial charge on any atom is -0.497 e. The van der Waals surface area contributed by atoms with Crippen LogP contribution < -0.4 is 15.0 Å². The Bertz CT molecular complexity index is 1490. The molecule has 1 aliphatic carbocycles. The van der Waals surface area contributed by atoms with Gasteiger partial charge in [0.05, 0.1) is 23.4 Å². The largest absolute Gasteiger partial charge is 0.497 e. The smallest absolute Gasteiger partial charge is 0.434 e. The van der Waals surface area contributed by atoms with Gasteiger partial charge in [-0.3, -0.25) is 9.59 Å². The molecule has 0 bridgehead atoms. The number of nitrogens with one attached hydrogen (secondary N) is 1. The van der Waals surface area contributed by atoms with Crippen LogP contribution in [0.3, 0.4) is 0 Å². The van der Waals surface area contributed by atoms with E-state index in [1.807, 2.05) is 0 Å². The summed E-state index contributed by atoms with van der Waals surface area (Å²) >= 11 is 5.80. The third-order valence-electron chi connectivity index (χ3n) is 7.69. The van der Waals surface area contributed by atoms with Gasteiger partial charge in [0.25, 0.3) is 11.8 Å². The van der Waals surface area contributed by atoms with Gasteiger partial charge >= 0.3 is 6.18 Å². The Morgan fingerprint density at radius 2 is 1.85 bits per heavy atom. The van der Waals surface area contributed by atoms with Crippen LogP contribution in [0.1, 0.15) is 52.9 Å². The summed E-state index contributed by atoms with van der Waals surface area (Å²) in [4.78, 5) is 31.2. The van der Waals surface area contributed by atoms with Crippen LogP contribution in [-0.2, 0) is 16.6 Å². The van der Waals surface area contributed by atoms with Crippen molar-refractivity contribution in [3.05, 3.63) is 88.0 Å². The summed E-state index contributed by atoms with van der Waals surface area (Å²) in [6, 6.07) is 11.0. The quantitative estimate of drug-likeness (QED) is 0.371. The molecule has 2 aliphatic rings. The summed E-state index contributed by atoms with van der Waals surface area (Å²) in [5, 5.41) is 14.3. The number of carbonyl (C=O) groups is 2. The normalized spacial score (nSPS) is 22.4. The fourth-order valence-electron chi connectivity index (χ4n) is 5.63. The van der Waals surface area contributed by atoms with Crippen molar-refractivity contribution in [1.82, 2.24) is 10.3 Å². The molecule has 12 heteroatoms. The van der Waals surface area contributed by atoms with Gasteiger partial charge in [0.2, 0.25) is 0 Å². The molecule has 1 unspecified atom stereocenters. The first-order chi connectivity index (χ1) is 19.4. The molecule has 1 aliphatic heterocycles. The second-order valence-corrected chi connectivity index (χ2v) is 10.7. The van der Waals surface area contributed by atoms with Crippen molar-refractivity contribution < 1.29 is 37.0 Å². The van der Waals surface area contributed by atoms with Gasteiger partial charge in [-0.25, -0.2) is 9.37 Å². The fraction of sp³-hybridized carbons (Fsp3) is 0.345. The zero-order valence-electron chi connectivity index (χ0n) is 21.8. The average Bonchev–Trinajstić information content (AvgIpc) is 3.16. The lowest BCUT2D eigenvalue weighted by Gasteiger charge is -2.32. The van der Waals surface area contributed by atoms with Crippen molar-refractivity contribution in [2.45, 2.75) is 43.5 Å². The number of benzene rings is 2. The summed E-state index contributed by atoms with van der Waals surface area (Å²) in [7, 11) is 1.40. The minimum atomic E-state index is -4.82. The molecule has 1 aromatic heterocycles. The molecule has 41 heavy (non-hydrogen) atoms. The Balaban J connectivity index is 1.29. The van der Waals surface area contributed by atoms with Crippen molar-refractivity contribution in [3.63, 3.8) is 0 Å². The highest BCUT2D eigenvalue weighted by Crippen LogP contribution is 2.46. The monoisotopic (exact) mass is 591 g/mol.